The first-order chi connectivity index (χ1) is 8.97. The van der Waals surface area contributed by atoms with Gasteiger partial charge < -0.3 is 14.8 Å². The van der Waals surface area contributed by atoms with Crippen LogP contribution in [0.3, 0.4) is 0 Å². The van der Waals surface area contributed by atoms with E-state index in [0.29, 0.717) is 5.41 Å². The first-order valence-electron chi connectivity index (χ1n) is 7.81. The van der Waals surface area contributed by atoms with Crippen molar-refractivity contribution >= 4 is 0 Å². The predicted molar refractivity (Wildman–Crippen MR) is 80.6 cm³/mol. The molecule has 0 spiro atoms. The minimum atomic E-state index is -0.0145. The Balaban J connectivity index is 2.36. The Morgan fingerprint density at radius 2 is 1.74 bits per heavy atom. The molecule has 0 heterocycles. The summed E-state index contributed by atoms with van der Waals surface area (Å²) in [6, 6.07) is 0. The van der Waals surface area contributed by atoms with Gasteiger partial charge in [0.2, 0.25) is 0 Å². The molecule has 19 heavy (non-hydrogen) atoms. The van der Waals surface area contributed by atoms with Crippen molar-refractivity contribution in [1.82, 2.24) is 5.32 Å². The molecule has 3 nitrogen and oxygen atoms in total. The van der Waals surface area contributed by atoms with Crippen LogP contribution in [0.1, 0.15) is 59.3 Å². The second kappa shape index (κ2) is 8.23. The fourth-order valence-corrected chi connectivity index (χ4v) is 2.92. The third kappa shape index (κ3) is 7.28. The average molecular weight is 271 g/mol. The summed E-state index contributed by atoms with van der Waals surface area (Å²) < 4.78 is 11.0. The van der Waals surface area contributed by atoms with E-state index in [1.165, 1.54) is 38.5 Å². The maximum atomic E-state index is 5.93. The number of methoxy groups -OCH3 is 1. The van der Waals surface area contributed by atoms with Crippen molar-refractivity contribution in [1.29, 1.82) is 0 Å². The van der Waals surface area contributed by atoms with E-state index in [1.54, 1.807) is 7.11 Å². The second-order valence-electron chi connectivity index (χ2n) is 6.94. The van der Waals surface area contributed by atoms with Crippen molar-refractivity contribution in [2.75, 3.05) is 33.4 Å². The third-order valence-electron chi connectivity index (χ3n) is 4.06. The van der Waals surface area contributed by atoms with E-state index in [2.05, 4.69) is 26.1 Å². The fourth-order valence-electron chi connectivity index (χ4n) is 2.92. The van der Waals surface area contributed by atoms with E-state index in [4.69, 9.17) is 9.47 Å². The monoisotopic (exact) mass is 271 g/mol. The summed E-state index contributed by atoms with van der Waals surface area (Å²) in [4.78, 5) is 0. The van der Waals surface area contributed by atoms with E-state index in [-0.39, 0.29) is 5.60 Å². The van der Waals surface area contributed by atoms with Crippen molar-refractivity contribution < 1.29 is 9.47 Å². The lowest BCUT2D eigenvalue weighted by atomic mass is 9.72. The normalized spacial score (nSPS) is 19.6. The van der Waals surface area contributed by atoms with Crippen LogP contribution < -0.4 is 5.32 Å². The quantitative estimate of drug-likeness (QED) is 0.687. The molecule has 1 rings (SSSR count). The fraction of sp³-hybridized carbons (Fsp3) is 1.00. The SMILES string of the molecule is COCCNCC1(CCOC(C)(C)C)CCCCC1. The highest BCUT2D eigenvalue weighted by atomic mass is 16.5. The van der Waals surface area contributed by atoms with Crippen molar-refractivity contribution in [3.8, 4) is 0 Å². The molecule has 0 atom stereocenters. The van der Waals surface area contributed by atoms with Gasteiger partial charge >= 0.3 is 0 Å². The van der Waals surface area contributed by atoms with E-state index in [9.17, 15) is 0 Å². The number of ether oxygens (including phenoxy) is 2. The van der Waals surface area contributed by atoms with Gasteiger partial charge in [-0.1, -0.05) is 19.3 Å². The van der Waals surface area contributed by atoms with Crippen LogP contribution in [-0.4, -0.2) is 39.0 Å². The largest absolute Gasteiger partial charge is 0.383 e. The van der Waals surface area contributed by atoms with Crippen LogP contribution in [0.4, 0.5) is 0 Å². The summed E-state index contributed by atoms with van der Waals surface area (Å²) in [5.74, 6) is 0. The van der Waals surface area contributed by atoms with Crippen molar-refractivity contribution in [2.24, 2.45) is 5.41 Å². The molecule has 0 unspecified atom stereocenters. The van der Waals surface area contributed by atoms with Crippen molar-refractivity contribution in [2.45, 2.75) is 64.9 Å². The minimum absolute atomic E-state index is 0.0145. The van der Waals surface area contributed by atoms with Crippen molar-refractivity contribution in [3.63, 3.8) is 0 Å². The average Bonchev–Trinajstić information content (AvgIpc) is 2.34. The lowest BCUT2D eigenvalue weighted by Gasteiger charge is -2.38. The van der Waals surface area contributed by atoms with Crippen LogP contribution >= 0.6 is 0 Å². The molecule has 0 aliphatic heterocycles. The first-order valence-corrected chi connectivity index (χ1v) is 7.81. The van der Waals surface area contributed by atoms with Crippen LogP contribution in [0, 0.1) is 5.41 Å². The molecule has 1 saturated carbocycles. The molecule has 1 aliphatic carbocycles. The standard InChI is InChI=1S/C16H33NO2/c1-15(2,3)19-12-10-16(8-6-5-7-9-16)14-17-11-13-18-4/h17H,5-14H2,1-4H3. The van der Waals surface area contributed by atoms with Gasteiger partial charge in [0, 0.05) is 26.8 Å². The Hall–Kier alpha value is -0.120. The lowest BCUT2D eigenvalue weighted by Crippen LogP contribution is -2.39. The number of hydrogen-bond donors (Lipinski definition) is 1. The summed E-state index contributed by atoms with van der Waals surface area (Å²) >= 11 is 0. The second-order valence-corrected chi connectivity index (χ2v) is 6.94. The van der Waals surface area contributed by atoms with Crippen molar-refractivity contribution in [3.05, 3.63) is 0 Å². The van der Waals surface area contributed by atoms with Gasteiger partial charge in [-0.3, -0.25) is 0 Å². The number of hydrogen-bond acceptors (Lipinski definition) is 3. The van der Waals surface area contributed by atoms with Crippen LogP contribution in [0.25, 0.3) is 0 Å². The van der Waals surface area contributed by atoms with Gasteiger partial charge in [-0.2, -0.15) is 0 Å². The summed E-state index contributed by atoms with van der Waals surface area (Å²) in [5.41, 5.74) is 0.441. The first kappa shape index (κ1) is 16.9. The smallest absolute Gasteiger partial charge is 0.0598 e. The molecule has 0 amide bonds. The molecule has 0 aromatic heterocycles. The molecular formula is C16H33NO2. The predicted octanol–water partition coefficient (Wildman–Crippen LogP) is 3.38. The molecule has 0 aromatic rings. The molecule has 1 N–H and O–H groups in total. The van der Waals surface area contributed by atoms with Gasteiger partial charge in [0.25, 0.3) is 0 Å². The molecule has 0 radical (unpaired) electrons. The van der Waals surface area contributed by atoms with Crippen LogP contribution in [-0.2, 0) is 9.47 Å². The van der Waals surface area contributed by atoms with E-state index in [0.717, 1.165) is 26.3 Å². The van der Waals surface area contributed by atoms with E-state index >= 15 is 0 Å². The maximum Gasteiger partial charge on any atom is 0.0598 e. The molecular weight excluding hydrogens is 238 g/mol. The Morgan fingerprint density at radius 1 is 1.05 bits per heavy atom. The molecule has 1 fully saturated rings. The van der Waals surface area contributed by atoms with E-state index in [1.807, 2.05) is 0 Å². The van der Waals surface area contributed by atoms with E-state index < -0.39 is 0 Å². The van der Waals surface area contributed by atoms with Gasteiger partial charge in [0.15, 0.2) is 0 Å². The number of rotatable bonds is 8. The summed E-state index contributed by atoms with van der Waals surface area (Å²) in [6.45, 7) is 10.2. The van der Waals surface area contributed by atoms with Gasteiger partial charge in [-0.05, 0) is 45.4 Å². The van der Waals surface area contributed by atoms with Crippen LogP contribution in [0.2, 0.25) is 0 Å². The summed E-state index contributed by atoms with van der Waals surface area (Å²) in [7, 11) is 1.76. The highest BCUT2D eigenvalue weighted by Crippen LogP contribution is 2.39. The molecule has 0 saturated heterocycles. The molecule has 1 aliphatic rings. The minimum Gasteiger partial charge on any atom is -0.383 e. The van der Waals surface area contributed by atoms with Crippen LogP contribution in [0.5, 0.6) is 0 Å². The van der Waals surface area contributed by atoms with Gasteiger partial charge in [-0.25, -0.2) is 0 Å². The maximum absolute atomic E-state index is 5.93. The highest BCUT2D eigenvalue weighted by Gasteiger charge is 2.31. The highest BCUT2D eigenvalue weighted by molar-refractivity contribution is 4.85. The van der Waals surface area contributed by atoms with Crippen LogP contribution in [0.15, 0.2) is 0 Å². The zero-order valence-electron chi connectivity index (χ0n) is 13.4. The lowest BCUT2D eigenvalue weighted by molar-refractivity contribution is -0.0238. The van der Waals surface area contributed by atoms with Gasteiger partial charge in [-0.15, -0.1) is 0 Å². The zero-order chi connectivity index (χ0) is 14.2. The Labute approximate surface area is 119 Å². The Morgan fingerprint density at radius 3 is 2.32 bits per heavy atom. The molecule has 3 heteroatoms. The summed E-state index contributed by atoms with van der Waals surface area (Å²) in [5, 5.41) is 3.56. The van der Waals surface area contributed by atoms with Gasteiger partial charge in [0.1, 0.15) is 0 Å². The van der Waals surface area contributed by atoms with Gasteiger partial charge in [0.05, 0.1) is 12.2 Å². The topological polar surface area (TPSA) is 30.5 Å². The third-order valence-corrected chi connectivity index (χ3v) is 4.06. The Kier molecular flexibility index (Phi) is 7.33. The molecule has 0 bridgehead atoms. The molecule has 114 valence electrons. The summed E-state index contributed by atoms with van der Waals surface area (Å²) in [6.07, 6.45) is 8.04. The Bertz CT molecular complexity index is 229. The molecule has 0 aromatic carbocycles. The number of nitrogens with one attached hydrogen (secondary N) is 1. The zero-order valence-corrected chi connectivity index (χ0v) is 13.4.